The van der Waals surface area contributed by atoms with E-state index < -0.39 is 12.5 Å². The molecule has 0 aliphatic carbocycles. The number of ether oxygens (including phenoxy) is 2. The molecule has 2 heterocycles. The van der Waals surface area contributed by atoms with E-state index >= 15 is 0 Å². The highest BCUT2D eigenvalue weighted by atomic mass is 32.2. The van der Waals surface area contributed by atoms with Gasteiger partial charge >= 0.3 is 5.97 Å². The second-order valence-corrected chi connectivity index (χ2v) is 5.75. The molecule has 1 amide bonds. The molecule has 1 aliphatic rings. The minimum atomic E-state index is -1.11. The molecule has 0 bridgehead atoms. The number of fused-ring (bicyclic) bond motifs is 1. The summed E-state index contributed by atoms with van der Waals surface area (Å²) < 4.78 is 12.1. The number of methoxy groups -OCH3 is 1. The Hall–Kier alpha value is -2.75. The zero-order valence-electron chi connectivity index (χ0n) is 12.7. The van der Waals surface area contributed by atoms with Crippen LogP contribution in [0.2, 0.25) is 0 Å². The molecular weight excluding hydrogens is 336 g/mol. The molecule has 0 atom stereocenters. The number of thioether (sulfide) groups is 1. The summed E-state index contributed by atoms with van der Waals surface area (Å²) in [5.41, 5.74) is 0. The average Bonchev–Trinajstić information content (AvgIpc) is 2.99. The summed E-state index contributed by atoms with van der Waals surface area (Å²) in [5, 5.41) is 18.5. The van der Waals surface area contributed by atoms with Crippen LogP contribution in [0.4, 0.5) is 0 Å². The summed E-state index contributed by atoms with van der Waals surface area (Å²) in [6.07, 6.45) is 0. The third-order valence-corrected chi connectivity index (χ3v) is 4.15. The molecule has 3 rings (SSSR count). The Balaban J connectivity index is 1.78. The Morgan fingerprint density at radius 1 is 1.29 bits per heavy atom. The van der Waals surface area contributed by atoms with Crippen molar-refractivity contribution in [2.75, 3.05) is 24.4 Å². The van der Waals surface area contributed by atoms with Crippen LogP contribution in [-0.2, 0) is 16.2 Å². The third-order valence-electron chi connectivity index (χ3n) is 3.24. The first-order chi connectivity index (χ1) is 11.6. The number of carbonyl (C=O) groups is 2. The van der Waals surface area contributed by atoms with E-state index in [0.717, 1.165) is 5.01 Å². The van der Waals surface area contributed by atoms with Gasteiger partial charge < -0.3 is 14.6 Å². The van der Waals surface area contributed by atoms with Crippen LogP contribution in [-0.4, -0.2) is 51.3 Å². The van der Waals surface area contributed by atoms with Gasteiger partial charge in [0.2, 0.25) is 5.16 Å². The van der Waals surface area contributed by atoms with Crippen molar-refractivity contribution in [3.8, 4) is 11.5 Å². The van der Waals surface area contributed by atoms with E-state index in [-0.39, 0.29) is 18.3 Å². The number of nitrogens with zero attached hydrogens (tertiary/aromatic N) is 4. The summed E-state index contributed by atoms with van der Waals surface area (Å²) in [6.45, 7) is -0.413. The summed E-state index contributed by atoms with van der Waals surface area (Å²) in [4.78, 5) is 23.0. The lowest BCUT2D eigenvalue weighted by molar-refractivity contribution is -0.137. The first kappa shape index (κ1) is 16.1. The molecule has 9 nitrogen and oxygen atoms in total. The minimum Gasteiger partial charge on any atom is -0.497 e. The molecule has 10 heteroatoms. The van der Waals surface area contributed by atoms with Crippen molar-refractivity contribution in [2.24, 2.45) is 0 Å². The Morgan fingerprint density at radius 2 is 2.00 bits per heavy atom. The number of benzene rings is 1. The van der Waals surface area contributed by atoms with Gasteiger partial charge in [-0.25, -0.2) is 9.69 Å². The Labute approximate surface area is 141 Å². The Kier molecular flexibility index (Phi) is 4.56. The topological polar surface area (TPSA) is 107 Å². The summed E-state index contributed by atoms with van der Waals surface area (Å²) in [6, 6.07) is 6.98. The second-order valence-electron chi connectivity index (χ2n) is 4.81. The van der Waals surface area contributed by atoms with Gasteiger partial charge in [0, 0.05) is 0 Å². The van der Waals surface area contributed by atoms with Crippen LogP contribution in [0.3, 0.4) is 0 Å². The highest BCUT2D eigenvalue weighted by Gasteiger charge is 2.30. The van der Waals surface area contributed by atoms with Crippen molar-refractivity contribution in [1.82, 2.24) is 14.9 Å². The maximum atomic E-state index is 12.0. The van der Waals surface area contributed by atoms with E-state index in [2.05, 4.69) is 10.2 Å². The van der Waals surface area contributed by atoms with E-state index in [1.807, 2.05) is 0 Å². The summed E-state index contributed by atoms with van der Waals surface area (Å²) in [5.74, 6) is 0.342. The monoisotopic (exact) mass is 350 g/mol. The van der Waals surface area contributed by atoms with Crippen molar-refractivity contribution >= 4 is 23.6 Å². The lowest BCUT2D eigenvalue weighted by Crippen LogP contribution is -2.48. The van der Waals surface area contributed by atoms with Crippen molar-refractivity contribution in [1.29, 1.82) is 0 Å². The molecule has 0 unspecified atom stereocenters. The quantitative estimate of drug-likeness (QED) is 0.804. The van der Waals surface area contributed by atoms with Crippen LogP contribution in [0.1, 0.15) is 5.82 Å². The highest BCUT2D eigenvalue weighted by molar-refractivity contribution is 7.99. The molecule has 0 radical (unpaired) electrons. The smallest absolute Gasteiger partial charge is 0.325 e. The Bertz CT molecular complexity index is 761. The van der Waals surface area contributed by atoms with Gasteiger partial charge in [-0.2, -0.15) is 0 Å². The van der Waals surface area contributed by atoms with Crippen LogP contribution < -0.4 is 14.5 Å². The van der Waals surface area contributed by atoms with Gasteiger partial charge in [0.15, 0.2) is 5.82 Å². The number of rotatable bonds is 6. The zero-order chi connectivity index (χ0) is 17.1. The zero-order valence-corrected chi connectivity index (χ0v) is 13.5. The van der Waals surface area contributed by atoms with E-state index in [1.54, 1.807) is 31.4 Å². The predicted octanol–water partition coefficient (Wildman–Crippen LogP) is 0.521. The molecule has 0 saturated carbocycles. The largest absolute Gasteiger partial charge is 0.497 e. The van der Waals surface area contributed by atoms with E-state index in [0.29, 0.717) is 22.5 Å². The van der Waals surface area contributed by atoms with Gasteiger partial charge in [0.25, 0.3) is 5.91 Å². The van der Waals surface area contributed by atoms with Crippen molar-refractivity contribution in [3.63, 3.8) is 0 Å². The van der Waals surface area contributed by atoms with Crippen LogP contribution in [0.15, 0.2) is 29.4 Å². The molecule has 1 N–H and O–H groups in total. The van der Waals surface area contributed by atoms with Gasteiger partial charge in [-0.15, -0.1) is 10.2 Å². The molecule has 1 aliphatic heterocycles. The number of carboxylic acids is 1. The second kappa shape index (κ2) is 6.79. The maximum absolute atomic E-state index is 12.0. The van der Waals surface area contributed by atoms with Gasteiger partial charge in [0.05, 0.1) is 12.9 Å². The molecule has 0 saturated heterocycles. The lowest BCUT2D eigenvalue weighted by atomic mass is 10.3. The third kappa shape index (κ3) is 3.27. The van der Waals surface area contributed by atoms with Gasteiger partial charge in [-0.3, -0.25) is 9.59 Å². The van der Waals surface area contributed by atoms with Gasteiger partial charge in [0.1, 0.15) is 24.7 Å². The number of hydrogen-bond donors (Lipinski definition) is 1. The van der Waals surface area contributed by atoms with Crippen molar-refractivity contribution < 1.29 is 24.2 Å². The van der Waals surface area contributed by atoms with Crippen LogP contribution in [0.5, 0.6) is 11.5 Å². The van der Waals surface area contributed by atoms with E-state index in [4.69, 9.17) is 14.6 Å². The fraction of sp³-hybridized carbons (Fsp3) is 0.286. The Morgan fingerprint density at radius 3 is 2.67 bits per heavy atom. The highest BCUT2D eigenvalue weighted by Crippen LogP contribution is 2.24. The molecule has 0 fully saturated rings. The molecule has 24 heavy (non-hydrogen) atoms. The number of amides is 1. The molecule has 1 aromatic carbocycles. The predicted molar refractivity (Wildman–Crippen MR) is 83.8 cm³/mol. The standard InChI is InChI=1S/C14H14N4O5S/c1-22-9-2-4-10(5-3-9)23-7-11-15-16-14-18(11)17(6-13(20)21)12(19)8-24-14/h2-5H,6-8H2,1H3,(H,20,21). The normalized spacial score (nSPS) is 13.5. The van der Waals surface area contributed by atoms with Gasteiger partial charge in [-0.1, -0.05) is 11.8 Å². The van der Waals surface area contributed by atoms with Gasteiger partial charge in [-0.05, 0) is 24.3 Å². The maximum Gasteiger partial charge on any atom is 0.325 e. The summed E-state index contributed by atoms with van der Waals surface area (Å²) in [7, 11) is 1.57. The van der Waals surface area contributed by atoms with Crippen molar-refractivity contribution in [2.45, 2.75) is 11.8 Å². The SMILES string of the molecule is COc1ccc(OCc2nnc3n2N(CC(=O)O)C(=O)CS3)cc1. The number of aliphatic carboxylic acids is 1. The fourth-order valence-corrected chi connectivity index (χ4v) is 2.96. The fourth-order valence-electron chi connectivity index (χ4n) is 2.14. The molecule has 1 aromatic heterocycles. The first-order valence-electron chi connectivity index (χ1n) is 6.95. The molecule has 2 aromatic rings. The molecule has 126 valence electrons. The molecule has 0 spiro atoms. The number of carboxylic acid groups (broad SMARTS) is 1. The number of carbonyl (C=O) groups excluding carboxylic acids is 1. The first-order valence-corrected chi connectivity index (χ1v) is 7.93. The minimum absolute atomic E-state index is 0.0449. The average molecular weight is 350 g/mol. The van der Waals surface area contributed by atoms with Crippen LogP contribution in [0, 0.1) is 0 Å². The van der Waals surface area contributed by atoms with Crippen molar-refractivity contribution in [3.05, 3.63) is 30.1 Å². The summed E-state index contributed by atoms with van der Waals surface area (Å²) >= 11 is 1.21. The lowest BCUT2D eigenvalue weighted by Gasteiger charge is -2.27. The molecular formula is C14H14N4O5S. The number of aromatic nitrogens is 3. The number of hydrogen-bond acceptors (Lipinski definition) is 7. The van der Waals surface area contributed by atoms with Crippen LogP contribution >= 0.6 is 11.8 Å². The van der Waals surface area contributed by atoms with E-state index in [1.165, 1.54) is 16.4 Å². The van der Waals surface area contributed by atoms with E-state index in [9.17, 15) is 9.59 Å². The van der Waals surface area contributed by atoms with Crippen LogP contribution in [0.25, 0.3) is 0 Å².